The van der Waals surface area contributed by atoms with E-state index in [4.69, 9.17) is 0 Å². The van der Waals surface area contributed by atoms with Crippen molar-refractivity contribution in [2.45, 2.75) is 45.7 Å². The van der Waals surface area contributed by atoms with Gasteiger partial charge < -0.3 is 10.2 Å². The highest BCUT2D eigenvalue weighted by atomic mass is 19.1. The molecule has 0 spiro atoms. The molecule has 1 heterocycles. The second-order valence-electron chi connectivity index (χ2n) is 6.16. The third-order valence-corrected chi connectivity index (χ3v) is 4.75. The summed E-state index contributed by atoms with van der Waals surface area (Å²) in [7, 11) is 0. The van der Waals surface area contributed by atoms with Crippen molar-refractivity contribution in [2.24, 2.45) is 0 Å². The summed E-state index contributed by atoms with van der Waals surface area (Å²) in [6.07, 6.45) is 1.92. The molecule has 5 heteroatoms. The molecular weight excluding hydrogens is 293 g/mol. The van der Waals surface area contributed by atoms with Crippen LogP contribution in [0.4, 0.5) is 9.18 Å². The predicted octanol–water partition coefficient (Wildman–Crippen LogP) is 3.40. The molecule has 1 aliphatic rings. The predicted molar refractivity (Wildman–Crippen MR) is 90.9 cm³/mol. The van der Waals surface area contributed by atoms with Gasteiger partial charge in [0.15, 0.2) is 0 Å². The molecule has 1 aromatic carbocycles. The first kappa shape index (κ1) is 17.7. The number of carbonyl (C=O) groups is 1. The topological polar surface area (TPSA) is 35.6 Å². The van der Waals surface area contributed by atoms with Crippen molar-refractivity contribution in [3.63, 3.8) is 0 Å². The van der Waals surface area contributed by atoms with Crippen LogP contribution in [-0.2, 0) is 0 Å². The monoisotopic (exact) mass is 321 g/mol. The molecule has 0 radical (unpaired) electrons. The number of likely N-dealkylation sites (tertiary alicyclic amines) is 1. The highest BCUT2D eigenvalue weighted by molar-refractivity contribution is 5.75. The molecule has 0 aliphatic carbocycles. The zero-order chi connectivity index (χ0) is 16.8. The van der Waals surface area contributed by atoms with Crippen LogP contribution in [0.2, 0.25) is 0 Å². The standard InChI is InChI=1S/C18H28FN3O/c1-4-21(5-2)14(3)13-20-18(23)22-12-6-7-17(22)15-8-10-16(19)11-9-15/h8-11,14,17H,4-7,12-13H2,1-3H3,(H,20,23)/t14-,17+/m1/s1. The van der Waals surface area contributed by atoms with E-state index in [0.717, 1.165) is 38.0 Å². The molecule has 0 bridgehead atoms. The van der Waals surface area contributed by atoms with Gasteiger partial charge in [-0.1, -0.05) is 26.0 Å². The number of nitrogens with zero attached hydrogens (tertiary/aromatic N) is 2. The molecule has 2 atom stereocenters. The minimum atomic E-state index is -0.240. The fourth-order valence-electron chi connectivity index (χ4n) is 3.35. The van der Waals surface area contributed by atoms with E-state index in [1.807, 2.05) is 4.90 Å². The van der Waals surface area contributed by atoms with Gasteiger partial charge in [-0.2, -0.15) is 0 Å². The number of hydrogen-bond acceptors (Lipinski definition) is 2. The van der Waals surface area contributed by atoms with E-state index in [1.54, 1.807) is 12.1 Å². The lowest BCUT2D eigenvalue weighted by atomic mass is 10.0. The number of halogens is 1. The first-order chi connectivity index (χ1) is 11.1. The van der Waals surface area contributed by atoms with Gasteiger partial charge in [0.25, 0.3) is 0 Å². The van der Waals surface area contributed by atoms with Gasteiger partial charge in [0.1, 0.15) is 5.82 Å². The maximum Gasteiger partial charge on any atom is 0.317 e. The summed E-state index contributed by atoms with van der Waals surface area (Å²) in [5, 5.41) is 3.06. The van der Waals surface area contributed by atoms with Crippen LogP contribution in [0.3, 0.4) is 0 Å². The van der Waals surface area contributed by atoms with Gasteiger partial charge in [0.05, 0.1) is 6.04 Å². The van der Waals surface area contributed by atoms with E-state index in [0.29, 0.717) is 12.6 Å². The van der Waals surface area contributed by atoms with Gasteiger partial charge >= 0.3 is 6.03 Å². The van der Waals surface area contributed by atoms with Crippen molar-refractivity contribution < 1.29 is 9.18 Å². The van der Waals surface area contributed by atoms with Crippen molar-refractivity contribution in [2.75, 3.05) is 26.2 Å². The maximum atomic E-state index is 13.1. The fraction of sp³-hybridized carbons (Fsp3) is 0.611. The molecule has 2 rings (SSSR count). The molecule has 0 unspecified atom stereocenters. The molecule has 1 fully saturated rings. The van der Waals surface area contributed by atoms with E-state index in [-0.39, 0.29) is 17.9 Å². The van der Waals surface area contributed by atoms with E-state index < -0.39 is 0 Å². The molecule has 1 N–H and O–H groups in total. The van der Waals surface area contributed by atoms with Crippen molar-refractivity contribution in [1.29, 1.82) is 0 Å². The fourth-order valence-corrected chi connectivity index (χ4v) is 3.35. The van der Waals surface area contributed by atoms with E-state index in [1.165, 1.54) is 12.1 Å². The second-order valence-corrected chi connectivity index (χ2v) is 6.16. The molecule has 0 aromatic heterocycles. The number of carbonyl (C=O) groups excluding carboxylic acids is 1. The third kappa shape index (κ3) is 4.44. The van der Waals surface area contributed by atoms with Gasteiger partial charge in [-0.25, -0.2) is 9.18 Å². The number of amides is 2. The van der Waals surface area contributed by atoms with Crippen LogP contribution < -0.4 is 5.32 Å². The molecule has 2 amide bonds. The lowest BCUT2D eigenvalue weighted by Gasteiger charge is -2.29. The van der Waals surface area contributed by atoms with Crippen LogP contribution in [0.1, 0.15) is 45.2 Å². The Kier molecular flexibility index (Phi) is 6.39. The lowest BCUT2D eigenvalue weighted by molar-refractivity contribution is 0.182. The van der Waals surface area contributed by atoms with Crippen molar-refractivity contribution in [3.05, 3.63) is 35.6 Å². The zero-order valence-corrected chi connectivity index (χ0v) is 14.4. The van der Waals surface area contributed by atoms with E-state index in [9.17, 15) is 9.18 Å². The minimum absolute atomic E-state index is 0.0177. The molecule has 4 nitrogen and oxygen atoms in total. The SMILES string of the molecule is CCN(CC)[C@H](C)CNC(=O)N1CCC[C@H]1c1ccc(F)cc1. The first-order valence-electron chi connectivity index (χ1n) is 8.60. The molecule has 1 aliphatic heterocycles. The Labute approximate surface area is 138 Å². The van der Waals surface area contributed by atoms with Crippen LogP contribution in [0.15, 0.2) is 24.3 Å². The summed E-state index contributed by atoms with van der Waals surface area (Å²) < 4.78 is 13.1. The Balaban J connectivity index is 1.94. The van der Waals surface area contributed by atoms with Crippen LogP contribution in [0, 0.1) is 5.82 Å². The van der Waals surface area contributed by atoms with Crippen LogP contribution >= 0.6 is 0 Å². The zero-order valence-electron chi connectivity index (χ0n) is 14.4. The van der Waals surface area contributed by atoms with Crippen LogP contribution in [-0.4, -0.2) is 48.1 Å². The molecular formula is C18H28FN3O. The second kappa shape index (κ2) is 8.29. The number of benzene rings is 1. The summed E-state index contributed by atoms with van der Waals surface area (Å²) in [4.78, 5) is 16.7. The summed E-state index contributed by atoms with van der Waals surface area (Å²) in [6, 6.07) is 6.85. The molecule has 1 saturated heterocycles. The molecule has 128 valence electrons. The largest absolute Gasteiger partial charge is 0.336 e. The van der Waals surface area contributed by atoms with Crippen molar-refractivity contribution >= 4 is 6.03 Å². The summed E-state index contributed by atoms with van der Waals surface area (Å²) >= 11 is 0. The van der Waals surface area contributed by atoms with Crippen molar-refractivity contribution in [1.82, 2.24) is 15.1 Å². The van der Waals surface area contributed by atoms with Gasteiger partial charge in [0.2, 0.25) is 0 Å². The van der Waals surface area contributed by atoms with Gasteiger partial charge in [-0.15, -0.1) is 0 Å². The average Bonchev–Trinajstić information content (AvgIpc) is 3.04. The lowest BCUT2D eigenvalue weighted by Crippen LogP contribution is -2.46. The molecule has 0 saturated carbocycles. The third-order valence-electron chi connectivity index (χ3n) is 4.75. The number of hydrogen-bond donors (Lipinski definition) is 1. The Bertz CT molecular complexity index is 501. The normalized spacial score (nSPS) is 19.2. The average molecular weight is 321 g/mol. The number of rotatable bonds is 6. The quantitative estimate of drug-likeness (QED) is 0.871. The van der Waals surface area contributed by atoms with Crippen LogP contribution in [0.25, 0.3) is 0 Å². The Hall–Kier alpha value is -1.62. The van der Waals surface area contributed by atoms with Crippen molar-refractivity contribution in [3.8, 4) is 0 Å². The van der Waals surface area contributed by atoms with E-state index >= 15 is 0 Å². The molecule has 23 heavy (non-hydrogen) atoms. The smallest absolute Gasteiger partial charge is 0.317 e. The minimum Gasteiger partial charge on any atom is -0.336 e. The van der Waals surface area contributed by atoms with Gasteiger partial charge in [0, 0.05) is 19.1 Å². The maximum absolute atomic E-state index is 13.1. The first-order valence-corrected chi connectivity index (χ1v) is 8.60. The number of likely N-dealkylation sites (N-methyl/N-ethyl adjacent to an activating group) is 1. The van der Waals surface area contributed by atoms with Gasteiger partial charge in [-0.3, -0.25) is 4.90 Å². The van der Waals surface area contributed by atoms with Gasteiger partial charge in [-0.05, 0) is 50.6 Å². The summed E-state index contributed by atoms with van der Waals surface area (Å²) in [5.74, 6) is -0.240. The number of nitrogens with one attached hydrogen (secondary N) is 1. The number of urea groups is 1. The highest BCUT2D eigenvalue weighted by Crippen LogP contribution is 2.31. The molecule has 1 aromatic rings. The Morgan fingerprint density at radius 1 is 1.35 bits per heavy atom. The Morgan fingerprint density at radius 2 is 2.00 bits per heavy atom. The summed E-state index contributed by atoms with van der Waals surface area (Å²) in [5.41, 5.74) is 1.01. The summed E-state index contributed by atoms with van der Waals surface area (Å²) in [6.45, 7) is 9.76. The van der Waals surface area contributed by atoms with Crippen LogP contribution in [0.5, 0.6) is 0 Å². The Morgan fingerprint density at radius 3 is 2.61 bits per heavy atom. The van der Waals surface area contributed by atoms with E-state index in [2.05, 4.69) is 31.0 Å². The highest BCUT2D eigenvalue weighted by Gasteiger charge is 2.30.